The number of aromatic nitrogens is 1. The molecule has 0 spiro atoms. The van der Waals surface area contributed by atoms with Gasteiger partial charge in [0.25, 0.3) is 0 Å². The summed E-state index contributed by atoms with van der Waals surface area (Å²) >= 11 is 3.38. The Kier molecular flexibility index (Phi) is 5.19. The number of anilines is 1. The van der Waals surface area contributed by atoms with Gasteiger partial charge in [-0.2, -0.15) is 0 Å². The van der Waals surface area contributed by atoms with Crippen LogP contribution in [0.1, 0.15) is 11.1 Å². The van der Waals surface area contributed by atoms with Gasteiger partial charge in [0.05, 0.1) is 5.69 Å². The number of hydrogen-bond donors (Lipinski definition) is 3. The van der Waals surface area contributed by atoms with Gasteiger partial charge >= 0.3 is 11.8 Å². The lowest BCUT2D eigenvalue weighted by molar-refractivity contribution is -0.136. The van der Waals surface area contributed by atoms with Crippen molar-refractivity contribution in [2.75, 3.05) is 11.9 Å². The number of carbonyl (C=O) groups is 2. The Morgan fingerprint density at radius 3 is 2.72 bits per heavy atom. The molecule has 2 aromatic carbocycles. The lowest BCUT2D eigenvalue weighted by atomic mass is 10.1. The highest BCUT2D eigenvalue weighted by Gasteiger charge is 2.14. The number of aromatic amines is 1. The Labute approximate surface area is 153 Å². The molecule has 0 aliphatic carbocycles. The average Bonchev–Trinajstić information content (AvgIpc) is 3.00. The Balaban J connectivity index is 1.54. The molecule has 0 radical (unpaired) electrons. The second-order valence-electron chi connectivity index (χ2n) is 5.80. The van der Waals surface area contributed by atoms with Crippen LogP contribution in [0.25, 0.3) is 10.9 Å². The molecule has 0 saturated heterocycles. The topological polar surface area (TPSA) is 74.0 Å². The number of hydrogen-bond acceptors (Lipinski definition) is 2. The molecular weight excluding hydrogens is 382 g/mol. The molecule has 5 nitrogen and oxygen atoms in total. The zero-order valence-electron chi connectivity index (χ0n) is 13.7. The van der Waals surface area contributed by atoms with Gasteiger partial charge in [-0.3, -0.25) is 9.59 Å². The Bertz CT molecular complexity index is 933. The van der Waals surface area contributed by atoms with E-state index in [-0.39, 0.29) is 0 Å². The highest BCUT2D eigenvalue weighted by molar-refractivity contribution is 9.10. The summed E-state index contributed by atoms with van der Waals surface area (Å²) in [5.74, 6) is -1.32. The molecule has 25 heavy (non-hydrogen) atoms. The van der Waals surface area contributed by atoms with Crippen LogP contribution in [-0.2, 0) is 16.0 Å². The van der Waals surface area contributed by atoms with Crippen LogP contribution in [0.2, 0.25) is 0 Å². The van der Waals surface area contributed by atoms with Crippen molar-refractivity contribution < 1.29 is 9.59 Å². The number of carbonyl (C=O) groups excluding carboxylic acids is 2. The maximum Gasteiger partial charge on any atom is 0.313 e. The van der Waals surface area contributed by atoms with Gasteiger partial charge in [-0.15, -0.1) is 0 Å². The average molecular weight is 400 g/mol. The highest BCUT2D eigenvalue weighted by atomic mass is 79.9. The Morgan fingerprint density at radius 1 is 1.12 bits per heavy atom. The molecule has 0 aliphatic heterocycles. The second kappa shape index (κ2) is 7.53. The maximum atomic E-state index is 12.0. The number of H-pyrrole nitrogens is 1. The fourth-order valence-corrected chi connectivity index (χ4v) is 3.22. The van der Waals surface area contributed by atoms with Crippen molar-refractivity contribution in [2.24, 2.45) is 0 Å². The molecule has 3 N–H and O–H groups in total. The summed E-state index contributed by atoms with van der Waals surface area (Å²) in [6.45, 7) is 2.34. The lowest BCUT2D eigenvalue weighted by Crippen LogP contribution is -2.36. The Morgan fingerprint density at radius 2 is 1.92 bits per heavy atom. The van der Waals surface area contributed by atoms with Crippen molar-refractivity contribution in [3.8, 4) is 0 Å². The summed E-state index contributed by atoms with van der Waals surface area (Å²) < 4.78 is 0.743. The minimum Gasteiger partial charge on any atom is -0.361 e. The zero-order chi connectivity index (χ0) is 17.8. The number of halogens is 1. The van der Waals surface area contributed by atoms with Gasteiger partial charge in [0.15, 0.2) is 0 Å². The quantitative estimate of drug-likeness (QED) is 0.587. The number of nitrogens with one attached hydrogen (secondary N) is 3. The van der Waals surface area contributed by atoms with Gasteiger partial charge in [0.2, 0.25) is 0 Å². The zero-order valence-corrected chi connectivity index (χ0v) is 15.3. The molecule has 0 bridgehead atoms. The molecule has 0 atom stereocenters. The summed E-state index contributed by atoms with van der Waals surface area (Å²) in [5.41, 5.74) is 3.80. The number of fused-ring (bicyclic) bond motifs is 1. The van der Waals surface area contributed by atoms with Crippen LogP contribution in [0, 0.1) is 6.92 Å². The number of amides is 2. The summed E-state index contributed by atoms with van der Waals surface area (Å²) in [4.78, 5) is 27.2. The third-order valence-corrected chi connectivity index (χ3v) is 4.59. The lowest BCUT2D eigenvalue weighted by Gasteiger charge is -2.08. The molecule has 3 aromatic rings. The van der Waals surface area contributed by atoms with E-state index in [0.717, 1.165) is 26.5 Å². The minimum absolute atomic E-state index is 0.392. The van der Waals surface area contributed by atoms with Crippen LogP contribution >= 0.6 is 15.9 Å². The first-order valence-corrected chi connectivity index (χ1v) is 8.74. The molecule has 0 aliphatic rings. The van der Waals surface area contributed by atoms with E-state index in [1.807, 2.05) is 49.5 Å². The minimum atomic E-state index is -0.677. The normalized spacial score (nSPS) is 10.6. The number of para-hydroxylation sites is 1. The molecule has 1 heterocycles. The third-order valence-electron chi connectivity index (χ3n) is 3.93. The smallest absolute Gasteiger partial charge is 0.313 e. The summed E-state index contributed by atoms with van der Waals surface area (Å²) in [6, 6.07) is 13.5. The van der Waals surface area contributed by atoms with E-state index in [9.17, 15) is 9.59 Å². The molecule has 0 fully saturated rings. The summed E-state index contributed by atoms with van der Waals surface area (Å²) in [5, 5.41) is 6.39. The van der Waals surface area contributed by atoms with E-state index in [2.05, 4.69) is 31.5 Å². The molecule has 0 saturated carbocycles. The number of benzene rings is 2. The van der Waals surface area contributed by atoms with Crippen molar-refractivity contribution in [1.82, 2.24) is 10.3 Å². The van der Waals surface area contributed by atoms with E-state index < -0.39 is 11.8 Å². The van der Waals surface area contributed by atoms with Crippen LogP contribution in [0.15, 0.2) is 53.1 Å². The highest BCUT2D eigenvalue weighted by Crippen LogP contribution is 2.23. The monoisotopic (exact) mass is 399 g/mol. The van der Waals surface area contributed by atoms with Crippen molar-refractivity contribution >= 4 is 44.3 Å². The summed E-state index contributed by atoms with van der Waals surface area (Å²) in [7, 11) is 0. The first-order valence-electron chi connectivity index (χ1n) is 7.95. The van der Waals surface area contributed by atoms with E-state index in [1.54, 1.807) is 6.07 Å². The van der Waals surface area contributed by atoms with E-state index in [1.165, 1.54) is 0 Å². The first kappa shape index (κ1) is 17.2. The van der Waals surface area contributed by atoms with Crippen LogP contribution in [-0.4, -0.2) is 23.3 Å². The number of rotatable bonds is 4. The summed E-state index contributed by atoms with van der Waals surface area (Å²) in [6.07, 6.45) is 2.58. The molecule has 1 aromatic heterocycles. The van der Waals surface area contributed by atoms with Gasteiger partial charge < -0.3 is 15.6 Å². The van der Waals surface area contributed by atoms with Crippen molar-refractivity contribution in [3.05, 3.63) is 64.3 Å². The first-order chi connectivity index (χ1) is 12.0. The maximum absolute atomic E-state index is 12.0. The molecule has 2 amide bonds. The van der Waals surface area contributed by atoms with Gasteiger partial charge in [-0.1, -0.05) is 24.3 Å². The predicted molar refractivity (Wildman–Crippen MR) is 103 cm³/mol. The molecular formula is C19H18BrN3O2. The Hall–Kier alpha value is -2.60. The van der Waals surface area contributed by atoms with Gasteiger partial charge in [0.1, 0.15) is 0 Å². The van der Waals surface area contributed by atoms with Crippen molar-refractivity contribution in [1.29, 1.82) is 0 Å². The molecule has 3 rings (SSSR count). The SMILES string of the molecule is Cc1ccc(NC(=O)C(=O)NCCc2c[nH]c3ccccc23)c(Br)c1. The van der Waals surface area contributed by atoms with Crippen LogP contribution < -0.4 is 10.6 Å². The largest absolute Gasteiger partial charge is 0.361 e. The van der Waals surface area contributed by atoms with Crippen LogP contribution in [0.4, 0.5) is 5.69 Å². The number of aryl methyl sites for hydroxylation is 1. The molecule has 6 heteroatoms. The van der Waals surface area contributed by atoms with E-state index in [4.69, 9.17) is 0 Å². The van der Waals surface area contributed by atoms with E-state index >= 15 is 0 Å². The van der Waals surface area contributed by atoms with E-state index in [0.29, 0.717) is 18.7 Å². The third kappa shape index (κ3) is 4.09. The molecule has 128 valence electrons. The second-order valence-corrected chi connectivity index (χ2v) is 6.66. The van der Waals surface area contributed by atoms with Crippen LogP contribution in [0.5, 0.6) is 0 Å². The van der Waals surface area contributed by atoms with Crippen LogP contribution in [0.3, 0.4) is 0 Å². The fraction of sp³-hybridized carbons (Fsp3) is 0.158. The predicted octanol–water partition coefficient (Wildman–Crippen LogP) is 3.54. The van der Waals surface area contributed by atoms with Crippen molar-refractivity contribution in [2.45, 2.75) is 13.3 Å². The van der Waals surface area contributed by atoms with Gasteiger partial charge in [-0.05, 0) is 58.6 Å². The standard InChI is InChI=1S/C19H18BrN3O2/c1-12-6-7-17(15(20)10-12)23-19(25)18(24)21-9-8-13-11-22-16-5-3-2-4-14(13)16/h2-7,10-11,22H,8-9H2,1H3,(H,21,24)(H,23,25). The van der Waals surface area contributed by atoms with Gasteiger partial charge in [-0.25, -0.2) is 0 Å². The fourth-order valence-electron chi connectivity index (χ4n) is 2.63. The molecule has 0 unspecified atom stereocenters. The van der Waals surface area contributed by atoms with Gasteiger partial charge in [0, 0.05) is 28.1 Å². The van der Waals surface area contributed by atoms with Crippen molar-refractivity contribution in [3.63, 3.8) is 0 Å².